The Hall–Kier alpha value is -2.08. The maximum Gasteiger partial charge on any atom is 0.0998 e. The highest BCUT2D eigenvalue weighted by atomic mass is 79.9. The molecule has 0 heterocycles. The van der Waals surface area contributed by atoms with E-state index in [4.69, 9.17) is 11.6 Å². The smallest absolute Gasteiger partial charge is 0.0998 e. The lowest BCUT2D eigenvalue weighted by Gasteiger charge is -2.22. The molecular formula is C23H17BrClN. The second-order valence-electron chi connectivity index (χ2n) is 7.39. The molecule has 0 radical (unpaired) electrons. The molecule has 0 bridgehead atoms. The van der Waals surface area contributed by atoms with Crippen LogP contribution in [0.5, 0.6) is 0 Å². The molecule has 4 rings (SSSR count). The van der Waals surface area contributed by atoms with Crippen molar-refractivity contribution in [2.24, 2.45) is 0 Å². The molecular weight excluding hydrogens is 406 g/mol. The van der Waals surface area contributed by atoms with Gasteiger partial charge in [-0.3, -0.25) is 0 Å². The van der Waals surface area contributed by atoms with Gasteiger partial charge in [0.25, 0.3) is 0 Å². The highest BCUT2D eigenvalue weighted by molar-refractivity contribution is 9.10. The SMILES string of the molecule is Cc1cc(C#N)c2c(c1)C(C)(C)c1cc(-c3cc(Cl)cc(Br)c3)ccc1-2. The third-order valence-corrected chi connectivity index (χ3v) is 5.91. The molecule has 3 heteroatoms. The number of aryl methyl sites for hydroxylation is 1. The van der Waals surface area contributed by atoms with E-state index in [1.807, 2.05) is 18.2 Å². The summed E-state index contributed by atoms with van der Waals surface area (Å²) >= 11 is 9.76. The lowest BCUT2D eigenvalue weighted by atomic mass is 9.81. The molecule has 0 N–H and O–H groups in total. The number of hydrogen-bond acceptors (Lipinski definition) is 1. The number of nitrogens with zero attached hydrogens (tertiary/aromatic N) is 1. The van der Waals surface area contributed by atoms with Gasteiger partial charge in [0.05, 0.1) is 11.6 Å². The number of hydrogen-bond donors (Lipinski definition) is 0. The van der Waals surface area contributed by atoms with Gasteiger partial charge in [0.1, 0.15) is 0 Å². The van der Waals surface area contributed by atoms with Crippen molar-refractivity contribution in [3.05, 3.63) is 80.3 Å². The summed E-state index contributed by atoms with van der Waals surface area (Å²) in [5, 5.41) is 10.4. The van der Waals surface area contributed by atoms with Gasteiger partial charge in [-0.1, -0.05) is 59.6 Å². The van der Waals surface area contributed by atoms with Crippen molar-refractivity contribution in [3.8, 4) is 28.3 Å². The average molecular weight is 423 g/mol. The van der Waals surface area contributed by atoms with Crippen molar-refractivity contribution in [1.82, 2.24) is 0 Å². The summed E-state index contributed by atoms with van der Waals surface area (Å²) in [6, 6.07) is 19.0. The Morgan fingerprint density at radius 1 is 0.962 bits per heavy atom. The van der Waals surface area contributed by atoms with E-state index in [0.29, 0.717) is 5.02 Å². The number of rotatable bonds is 1. The monoisotopic (exact) mass is 421 g/mol. The van der Waals surface area contributed by atoms with Crippen LogP contribution in [-0.2, 0) is 5.41 Å². The van der Waals surface area contributed by atoms with Gasteiger partial charge in [0.15, 0.2) is 0 Å². The summed E-state index contributed by atoms with van der Waals surface area (Å²) in [6.07, 6.45) is 0. The predicted molar refractivity (Wildman–Crippen MR) is 112 cm³/mol. The van der Waals surface area contributed by atoms with Gasteiger partial charge in [-0.15, -0.1) is 0 Å². The molecule has 0 aliphatic heterocycles. The maximum absolute atomic E-state index is 9.65. The standard InChI is InChI=1S/C23H17BrClN/c1-13-6-16(12-26)22-19-5-4-14(15-8-17(24)11-18(25)9-15)10-20(19)23(2,3)21(22)7-13/h4-11H,1-3H3. The second-order valence-corrected chi connectivity index (χ2v) is 8.74. The number of benzene rings is 3. The summed E-state index contributed by atoms with van der Waals surface area (Å²) in [6.45, 7) is 6.51. The zero-order valence-corrected chi connectivity index (χ0v) is 17.2. The van der Waals surface area contributed by atoms with Crippen LogP contribution in [0.3, 0.4) is 0 Å². The summed E-state index contributed by atoms with van der Waals surface area (Å²) in [4.78, 5) is 0. The highest BCUT2D eigenvalue weighted by Gasteiger charge is 2.37. The molecule has 1 nitrogen and oxygen atoms in total. The zero-order chi connectivity index (χ0) is 18.6. The molecule has 0 unspecified atom stereocenters. The van der Waals surface area contributed by atoms with Crippen LogP contribution in [0, 0.1) is 18.3 Å². The Morgan fingerprint density at radius 3 is 2.42 bits per heavy atom. The van der Waals surface area contributed by atoms with E-state index in [9.17, 15) is 5.26 Å². The van der Waals surface area contributed by atoms with Crippen molar-refractivity contribution in [2.75, 3.05) is 0 Å². The van der Waals surface area contributed by atoms with E-state index in [1.54, 1.807) is 0 Å². The minimum Gasteiger partial charge on any atom is -0.192 e. The quantitative estimate of drug-likeness (QED) is 0.405. The third kappa shape index (κ3) is 2.58. The van der Waals surface area contributed by atoms with E-state index >= 15 is 0 Å². The van der Waals surface area contributed by atoms with Crippen molar-refractivity contribution in [2.45, 2.75) is 26.2 Å². The van der Waals surface area contributed by atoms with E-state index in [1.165, 1.54) is 11.1 Å². The second kappa shape index (κ2) is 5.98. The van der Waals surface area contributed by atoms with Gasteiger partial charge in [-0.05, 0) is 70.6 Å². The summed E-state index contributed by atoms with van der Waals surface area (Å²) in [5.41, 5.74) is 8.66. The van der Waals surface area contributed by atoms with Gasteiger partial charge >= 0.3 is 0 Å². The molecule has 0 fully saturated rings. The first-order valence-electron chi connectivity index (χ1n) is 8.48. The van der Waals surface area contributed by atoms with Crippen LogP contribution in [0.4, 0.5) is 0 Å². The minimum absolute atomic E-state index is 0.145. The molecule has 0 spiro atoms. The normalized spacial score (nSPS) is 13.8. The number of nitriles is 1. The van der Waals surface area contributed by atoms with Gasteiger partial charge in [0.2, 0.25) is 0 Å². The molecule has 1 aliphatic rings. The molecule has 26 heavy (non-hydrogen) atoms. The molecule has 0 saturated heterocycles. The molecule has 0 aromatic heterocycles. The van der Waals surface area contributed by atoms with E-state index in [2.05, 4.69) is 73.1 Å². The first kappa shape index (κ1) is 17.3. The Balaban J connectivity index is 1.97. The van der Waals surface area contributed by atoms with Crippen molar-refractivity contribution in [3.63, 3.8) is 0 Å². The Labute approximate surface area is 167 Å². The van der Waals surface area contributed by atoms with Crippen molar-refractivity contribution >= 4 is 27.5 Å². The van der Waals surface area contributed by atoms with Gasteiger partial charge < -0.3 is 0 Å². The van der Waals surface area contributed by atoms with Crippen molar-refractivity contribution < 1.29 is 0 Å². The number of halogens is 2. The van der Waals surface area contributed by atoms with Crippen LogP contribution in [-0.4, -0.2) is 0 Å². The predicted octanol–water partition coefficient (Wildman–Crippen LogP) is 7.26. The van der Waals surface area contributed by atoms with Gasteiger partial charge in [-0.25, -0.2) is 0 Å². The average Bonchev–Trinajstić information content (AvgIpc) is 2.81. The highest BCUT2D eigenvalue weighted by Crippen LogP contribution is 2.51. The van der Waals surface area contributed by atoms with Crippen LogP contribution < -0.4 is 0 Å². The third-order valence-electron chi connectivity index (χ3n) is 5.23. The van der Waals surface area contributed by atoms with Crippen LogP contribution in [0.2, 0.25) is 5.02 Å². The molecule has 128 valence electrons. The minimum atomic E-state index is -0.145. The van der Waals surface area contributed by atoms with Crippen LogP contribution in [0.15, 0.2) is 53.0 Å². The topological polar surface area (TPSA) is 23.8 Å². The molecule has 0 saturated carbocycles. The lowest BCUT2D eigenvalue weighted by Crippen LogP contribution is -2.15. The molecule has 3 aromatic carbocycles. The molecule has 3 aromatic rings. The summed E-state index contributed by atoms with van der Waals surface area (Å²) < 4.78 is 0.963. The Morgan fingerprint density at radius 2 is 1.73 bits per heavy atom. The Kier molecular flexibility index (Phi) is 3.99. The summed E-state index contributed by atoms with van der Waals surface area (Å²) in [7, 11) is 0. The zero-order valence-electron chi connectivity index (χ0n) is 14.8. The Bertz CT molecular complexity index is 1090. The first-order valence-corrected chi connectivity index (χ1v) is 9.65. The van der Waals surface area contributed by atoms with Crippen LogP contribution >= 0.6 is 27.5 Å². The van der Waals surface area contributed by atoms with E-state index in [0.717, 1.165) is 37.9 Å². The van der Waals surface area contributed by atoms with Gasteiger partial charge in [-0.2, -0.15) is 5.26 Å². The molecule has 1 aliphatic carbocycles. The molecule has 0 amide bonds. The van der Waals surface area contributed by atoms with Gasteiger partial charge in [0, 0.05) is 20.5 Å². The van der Waals surface area contributed by atoms with E-state index in [-0.39, 0.29) is 5.41 Å². The number of fused-ring (bicyclic) bond motifs is 3. The lowest BCUT2D eigenvalue weighted by molar-refractivity contribution is 0.660. The van der Waals surface area contributed by atoms with Crippen molar-refractivity contribution in [1.29, 1.82) is 5.26 Å². The first-order chi connectivity index (χ1) is 12.3. The maximum atomic E-state index is 9.65. The largest absolute Gasteiger partial charge is 0.192 e. The van der Waals surface area contributed by atoms with Crippen LogP contribution in [0.1, 0.15) is 36.1 Å². The summed E-state index contributed by atoms with van der Waals surface area (Å²) in [5.74, 6) is 0. The van der Waals surface area contributed by atoms with Crippen LogP contribution in [0.25, 0.3) is 22.3 Å². The van der Waals surface area contributed by atoms with E-state index < -0.39 is 0 Å². The fourth-order valence-corrected chi connectivity index (χ4v) is 4.84. The fraction of sp³-hybridized carbons (Fsp3) is 0.174. The fourth-order valence-electron chi connectivity index (χ4n) is 3.98. The molecule has 0 atom stereocenters.